The minimum atomic E-state index is -1.05. The molecule has 0 saturated carbocycles. The Kier molecular flexibility index (Phi) is 5.38. The molecule has 0 radical (unpaired) electrons. The van der Waals surface area contributed by atoms with Gasteiger partial charge >= 0.3 is 5.97 Å². The summed E-state index contributed by atoms with van der Waals surface area (Å²) in [6.07, 6.45) is 1.44. The normalized spacial score (nSPS) is 15.1. The van der Waals surface area contributed by atoms with Crippen LogP contribution in [0.3, 0.4) is 0 Å². The van der Waals surface area contributed by atoms with Gasteiger partial charge in [0.1, 0.15) is 11.5 Å². The van der Waals surface area contributed by atoms with Crippen LogP contribution in [-0.2, 0) is 0 Å². The Morgan fingerprint density at radius 3 is 2.54 bits per heavy atom. The van der Waals surface area contributed by atoms with E-state index >= 15 is 0 Å². The van der Waals surface area contributed by atoms with Crippen molar-refractivity contribution in [1.82, 2.24) is 15.3 Å². The molecular weight excluding hydrogens is 379 g/mol. The van der Waals surface area contributed by atoms with E-state index in [1.807, 2.05) is 4.90 Å². The largest absolute Gasteiger partial charge is 0.477 e. The molecule has 9 heteroatoms. The number of aromatic carboxylic acids is 1. The maximum atomic E-state index is 12.4. The molecule has 0 spiro atoms. The first-order valence-electron chi connectivity index (χ1n) is 8.16. The molecule has 1 fully saturated rings. The van der Waals surface area contributed by atoms with Crippen LogP contribution in [0.4, 0.5) is 5.82 Å². The number of rotatable bonds is 4. The first-order valence-corrected chi connectivity index (χ1v) is 8.92. The summed E-state index contributed by atoms with van der Waals surface area (Å²) >= 11 is 12.1. The number of aryl methyl sites for hydroxylation is 1. The van der Waals surface area contributed by atoms with Gasteiger partial charge in [-0.15, -0.1) is 0 Å². The fourth-order valence-corrected chi connectivity index (χ4v) is 3.37. The Hall–Kier alpha value is -2.25. The van der Waals surface area contributed by atoms with Crippen LogP contribution in [0.2, 0.25) is 10.0 Å². The van der Waals surface area contributed by atoms with E-state index in [0.29, 0.717) is 29.6 Å². The third-order valence-electron chi connectivity index (χ3n) is 4.39. The minimum absolute atomic E-state index is 0.000135. The molecule has 138 valence electrons. The van der Waals surface area contributed by atoms with Gasteiger partial charge in [-0.2, -0.15) is 0 Å². The number of pyridine rings is 1. The smallest absolute Gasteiger partial charge is 0.354 e. The van der Waals surface area contributed by atoms with Crippen LogP contribution >= 0.6 is 23.2 Å². The zero-order valence-electron chi connectivity index (χ0n) is 14.1. The van der Waals surface area contributed by atoms with E-state index < -0.39 is 5.97 Å². The van der Waals surface area contributed by atoms with Crippen molar-refractivity contribution in [2.24, 2.45) is 0 Å². The highest BCUT2D eigenvalue weighted by molar-refractivity contribution is 6.44. The second-order valence-corrected chi connectivity index (χ2v) is 6.93. The number of H-pyrrole nitrogens is 1. The summed E-state index contributed by atoms with van der Waals surface area (Å²) < 4.78 is 0. The van der Waals surface area contributed by atoms with Gasteiger partial charge < -0.3 is 20.3 Å². The van der Waals surface area contributed by atoms with Crippen molar-refractivity contribution in [3.63, 3.8) is 0 Å². The molecule has 3 N–H and O–H groups in total. The van der Waals surface area contributed by atoms with Crippen molar-refractivity contribution in [2.45, 2.75) is 25.8 Å². The van der Waals surface area contributed by atoms with Gasteiger partial charge in [-0.3, -0.25) is 4.79 Å². The van der Waals surface area contributed by atoms with Gasteiger partial charge in [-0.1, -0.05) is 29.3 Å². The lowest BCUT2D eigenvalue weighted by molar-refractivity contribution is 0.0690. The number of anilines is 1. The minimum Gasteiger partial charge on any atom is -0.477 e. The monoisotopic (exact) mass is 396 g/mol. The molecule has 0 atom stereocenters. The Labute approximate surface area is 160 Å². The molecule has 2 aromatic rings. The van der Waals surface area contributed by atoms with Crippen LogP contribution in [0.15, 0.2) is 18.2 Å². The number of aromatic amines is 1. The highest BCUT2D eigenvalue weighted by atomic mass is 35.5. The lowest BCUT2D eigenvalue weighted by atomic mass is 10.0. The molecule has 26 heavy (non-hydrogen) atoms. The maximum Gasteiger partial charge on any atom is 0.354 e. The average Bonchev–Trinajstić information content (AvgIpc) is 2.90. The van der Waals surface area contributed by atoms with E-state index in [0.717, 1.165) is 12.8 Å². The van der Waals surface area contributed by atoms with Crippen LogP contribution < -0.4 is 10.2 Å². The Morgan fingerprint density at radius 2 is 1.96 bits per heavy atom. The van der Waals surface area contributed by atoms with Crippen molar-refractivity contribution in [3.05, 3.63) is 45.3 Å². The van der Waals surface area contributed by atoms with Gasteiger partial charge in [-0.05, 0) is 31.9 Å². The summed E-state index contributed by atoms with van der Waals surface area (Å²) in [5.74, 6) is -0.704. The molecule has 0 aromatic carbocycles. The summed E-state index contributed by atoms with van der Waals surface area (Å²) in [5, 5.41) is 12.6. The number of hydrogen-bond donors (Lipinski definition) is 3. The highest BCUT2D eigenvalue weighted by Crippen LogP contribution is 2.29. The lowest BCUT2D eigenvalue weighted by Gasteiger charge is -2.33. The molecule has 0 unspecified atom stereocenters. The zero-order valence-corrected chi connectivity index (χ0v) is 15.6. The molecule has 2 aromatic heterocycles. The number of carbonyl (C=O) groups excluding carboxylic acids is 1. The number of carboxylic acid groups (broad SMARTS) is 1. The van der Waals surface area contributed by atoms with Gasteiger partial charge in [0, 0.05) is 24.8 Å². The SMILES string of the molecule is Cc1[nH]c(C(=O)NC2CCN(c3cccc(C(=O)O)n3)CC2)c(Cl)c1Cl. The number of piperidine rings is 1. The number of carboxylic acids is 1. The second-order valence-electron chi connectivity index (χ2n) is 6.17. The summed E-state index contributed by atoms with van der Waals surface area (Å²) in [6, 6.07) is 4.93. The Balaban J connectivity index is 1.60. The standard InChI is InChI=1S/C17H18Cl2N4O3/c1-9-13(18)14(19)15(20-9)16(24)21-10-5-7-23(8-6-10)12-4-2-3-11(22-12)17(25)26/h2-4,10,20H,5-8H2,1H3,(H,21,24)(H,25,26). The van der Waals surface area contributed by atoms with Gasteiger partial charge in [0.05, 0.1) is 10.0 Å². The first kappa shape index (κ1) is 18.5. The molecule has 1 amide bonds. The number of nitrogens with zero attached hydrogens (tertiary/aromatic N) is 2. The zero-order chi connectivity index (χ0) is 18.8. The van der Waals surface area contributed by atoms with Crippen LogP contribution in [0.25, 0.3) is 0 Å². The molecule has 1 aliphatic heterocycles. The van der Waals surface area contributed by atoms with Crippen LogP contribution in [0.5, 0.6) is 0 Å². The highest BCUT2D eigenvalue weighted by Gasteiger charge is 2.25. The summed E-state index contributed by atoms with van der Waals surface area (Å²) in [7, 11) is 0. The van der Waals surface area contributed by atoms with Crippen molar-refractivity contribution in [1.29, 1.82) is 0 Å². The predicted octanol–water partition coefficient (Wildman–Crippen LogP) is 3.12. The van der Waals surface area contributed by atoms with E-state index in [4.69, 9.17) is 28.3 Å². The quantitative estimate of drug-likeness (QED) is 0.737. The molecule has 1 saturated heterocycles. The van der Waals surface area contributed by atoms with Crippen molar-refractivity contribution >= 4 is 40.9 Å². The van der Waals surface area contributed by atoms with Crippen molar-refractivity contribution in [2.75, 3.05) is 18.0 Å². The van der Waals surface area contributed by atoms with Gasteiger partial charge in [0.25, 0.3) is 5.91 Å². The Bertz CT molecular complexity index is 845. The molecule has 1 aliphatic rings. The molecule has 7 nitrogen and oxygen atoms in total. The maximum absolute atomic E-state index is 12.4. The van der Waals surface area contributed by atoms with E-state index in [-0.39, 0.29) is 28.4 Å². The molecule has 0 bridgehead atoms. The summed E-state index contributed by atoms with van der Waals surface area (Å²) in [5.41, 5.74) is 0.944. The van der Waals surface area contributed by atoms with Gasteiger partial charge in [0.2, 0.25) is 0 Å². The molecule has 3 rings (SSSR count). The fourth-order valence-electron chi connectivity index (χ4n) is 2.96. The van der Waals surface area contributed by atoms with E-state index in [9.17, 15) is 9.59 Å². The van der Waals surface area contributed by atoms with E-state index in [1.54, 1.807) is 19.1 Å². The van der Waals surface area contributed by atoms with Crippen molar-refractivity contribution in [3.8, 4) is 0 Å². The predicted molar refractivity (Wildman–Crippen MR) is 99.4 cm³/mol. The molecule has 3 heterocycles. The van der Waals surface area contributed by atoms with Crippen LogP contribution in [-0.4, -0.2) is 46.1 Å². The van der Waals surface area contributed by atoms with Crippen LogP contribution in [0.1, 0.15) is 39.5 Å². The number of halogens is 2. The first-order chi connectivity index (χ1) is 12.4. The number of aromatic nitrogens is 2. The molecule has 0 aliphatic carbocycles. The van der Waals surface area contributed by atoms with Crippen LogP contribution in [0, 0.1) is 6.92 Å². The number of amides is 1. The number of carbonyl (C=O) groups is 2. The number of nitrogens with one attached hydrogen (secondary N) is 2. The lowest BCUT2D eigenvalue weighted by Crippen LogP contribution is -2.45. The summed E-state index contributed by atoms with van der Waals surface area (Å²) in [6.45, 7) is 3.08. The summed E-state index contributed by atoms with van der Waals surface area (Å²) in [4.78, 5) is 32.5. The van der Waals surface area contributed by atoms with Gasteiger partial charge in [-0.25, -0.2) is 9.78 Å². The molecular formula is C17H18Cl2N4O3. The number of hydrogen-bond acceptors (Lipinski definition) is 4. The third kappa shape index (κ3) is 3.78. The fraction of sp³-hybridized carbons (Fsp3) is 0.353. The topological polar surface area (TPSA) is 98.3 Å². The van der Waals surface area contributed by atoms with Gasteiger partial charge in [0.15, 0.2) is 5.69 Å². The average molecular weight is 397 g/mol. The van der Waals surface area contributed by atoms with E-state index in [2.05, 4.69) is 15.3 Å². The third-order valence-corrected chi connectivity index (χ3v) is 5.34. The second kappa shape index (κ2) is 7.55. The van der Waals surface area contributed by atoms with E-state index in [1.165, 1.54) is 6.07 Å². The Morgan fingerprint density at radius 1 is 1.27 bits per heavy atom. The van der Waals surface area contributed by atoms with Crippen molar-refractivity contribution < 1.29 is 14.7 Å².